The number of aromatic nitrogens is 1. The van der Waals surface area contributed by atoms with Crippen LogP contribution in [0.1, 0.15) is 38.3 Å². The van der Waals surface area contributed by atoms with Crippen molar-refractivity contribution in [3.63, 3.8) is 0 Å². The summed E-state index contributed by atoms with van der Waals surface area (Å²) in [5.41, 5.74) is 1.39. The van der Waals surface area contributed by atoms with Crippen LogP contribution in [-0.4, -0.2) is 10.5 Å². The zero-order valence-electron chi connectivity index (χ0n) is 9.39. The summed E-state index contributed by atoms with van der Waals surface area (Å²) in [5, 5.41) is 3.63. The molecule has 0 aromatic carbocycles. The van der Waals surface area contributed by atoms with Crippen molar-refractivity contribution in [3.05, 3.63) is 26.9 Å². The van der Waals surface area contributed by atoms with E-state index in [1.807, 2.05) is 12.3 Å². The fraction of sp³-hybridized carbons (Fsp3) is 0.583. The average Bonchev–Trinajstić information content (AvgIpc) is 2.64. The quantitative estimate of drug-likeness (QED) is 0.892. The summed E-state index contributed by atoms with van der Waals surface area (Å²) in [5.74, 6) is 0. The van der Waals surface area contributed by atoms with Gasteiger partial charge < -0.3 is 5.32 Å². The molecule has 0 atom stereocenters. The lowest BCUT2D eigenvalue weighted by molar-refractivity contribution is 0.360. The highest BCUT2D eigenvalue weighted by molar-refractivity contribution is 9.11. The first kappa shape index (κ1) is 12.5. The molecule has 1 fully saturated rings. The Labute approximate surface area is 113 Å². The molecular weight excluding hydrogens is 332 g/mol. The van der Waals surface area contributed by atoms with Gasteiger partial charge in [-0.15, -0.1) is 0 Å². The summed E-state index contributed by atoms with van der Waals surface area (Å²) in [6.45, 7) is 3.15. The van der Waals surface area contributed by atoms with Gasteiger partial charge in [0, 0.05) is 27.2 Å². The molecule has 0 amide bonds. The molecule has 0 bridgehead atoms. The second kappa shape index (κ2) is 5.15. The molecule has 1 N–H and O–H groups in total. The Morgan fingerprint density at radius 3 is 2.69 bits per heavy atom. The highest BCUT2D eigenvalue weighted by atomic mass is 79.9. The first-order chi connectivity index (χ1) is 7.59. The Morgan fingerprint density at radius 1 is 1.38 bits per heavy atom. The molecule has 1 aromatic rings. The second-order valence-electron chi connectivity index (χ2n) is 4.70. The van der Waals surface area contributed by atoms with Crippen molar-refractivity contribution in [1.29, 1.82) is 0 Å². The normalized spacial score (nSPS) is 18.9. The molecule has 1 heterocycles. The third-order valence-electron chi connectivity index (χ3n) is 3.27. The van der Waals surface area contributed by atoms with Gasteiger partial charge in [0.15, 0.2) is 0 Å². The van der Waals surface area contributed by atoms with Crippen LogP contribution in [0.25, 0.3) is 0 Å². The van der Waals surface area contributed by atoms with E-state index in [4.69, 9.17) is 0 Å². The van der Waals surface area contributed by atoms with Crippen LogP contribution in [0.3, 0.4) is 0 Å². The molecule has 0 radical (unpaired) electrons. The van der Waals surface area contributed by atoms with E-state index in [0.29, 0.717) is 5.54 Å². The molecule has 0 saturated heterocycles. The van der Waals surface area contributed by atoms with E-state index in [0.717, 1.165) is 21.2 Å². The molecule has 2 nitrogen and oxygen atoms in total. The van der Waals surface area contributed by atoms with E-state index in [1.54, 1.807) is 0 Å². The van der Waals surface area contributed by atoms with Crippen LogP contribution in [0.4, 0.5) is 0 Å². The largest absolute Gasteiger partial charge is 0.306 e. The lowest BCUT2D eigenvalue weighted by atomic mass is 10.0. The van der Waals surface area contributed by atoms with Gasteiger partial charge in [0.2, 0.25) is 0 Å². The van der Waals surface area contributed by atoms with Gasteiger partial charge in [0.1, 0.15) is 0 Å². The summed E-state index contributed by atoms with van der Waals surface area (Å²) in [4.78, 5) is 4.41. The van der Waals surface area contributed by atoms with Gasteiger partial charge in [0.25, 0.3) is 0 Å². The van der Waals surface area contributed by atoms with Crippen LogP contribution in [0.2, 0.25) is 0 Å². The first-order valence-corrected chi connectivity index (χ1v) is 7.23. The van der Waals surface area contributed by atoms with E-state index in [-0.39, 0.29) is 0 Å². The molecule has 0 spiro atoms. The van der Waals surface area contributed by atoms with E-state index in [2.05, 4.69) is 49.1 Å². The number of nitrogens with one attached hydrogen (secondary N) is 1. The number of halogens is 2. The van der Waals surface area contributed by atoms with Crippen molar-refractivity contribution < 1.29 is 0 Å². The smallest absolute Gasteiger partial charge is 0.0684 e. The van der Waals surface area contributed by atoms with Crippen LogP contribution < -0.4 is 5.32 Å². The van der Waals surface area contributed by atoms with Gasteiger partial charge >= 0.3 is 0 Å². The maximum absolute atomic E-state index is 4.41. The van der Waals surface area contributed by atoms with Gasteiger partial charge in [-0.1, -0.05) is 12.8 Å². The maximum Gasteiger partial charge on any atom is 0.0684 e. The molecule has 1 aliphatic carbocycles. The van der Waals surface area contributed by atoms with Gasteiger partial charge in [-0.2, -0.15) is 0 Å². The van der Waals surface area contributed by atoms with Crippen molar-refractivity contribution in [1.82, 2.24) is 10.3 Å². The van der Waals surface area contributed by atoms with Gasteiger partial charge in [-0.05, 0) is 57.7 Å². The van der Waals surface area contributed by atoms with E-state index in [1.165, 1.54) is 25.7 Å². The van der Waals surface area contributed by atoms with Crippen LogP contribution in [0, 0.1) is 0 Å². The molecule has 1 aliphatic rings. The van der Waals surface area contributed by atoms with E-state index in [9.17, 15) is 0 Å². The molecule has 0 aliphatic heterocycles. The molecule has 4 heteroatoms. The minimum atomic E-state index is 0.314. The Kier molecular flexibility index (Phi) is 4.03. The number of pyridine rings is 1. The fourth-order valence-corrected chi connectivity index (χ4v) is 3.33. The molecular formula is C12H16Br2N2. The number of hydrogen-bond donors (Lipinski definition) is 1. The Bertz CT molecular complexity index is 373. The van der Waals surface area contributed by atoms with Crippen molar-refractivity contribution >= 4 is 31.9 Å². The van der Waals surface area contributed by atoms with E-state index < -0.39 is 0 Å². The maximum atomic E-state index is 4.41. The monoisotopic (exact) mass is 346 g/mol. The van der Waals surface area contributed by atoms with Crippen LogP contribution in [-0.2, 0) is 6.54 Å². The molecule has 1 aromatic heterocycles. The van der Waals surface area contributed by atoms with Crippen molar-refractivity contribution in [2.24, 2.45) is 0 Å². The molecule has 0 unspecified atom stereocenters. The highest BCUT2D eigenvalue weighted by Gasteiger charge is 2.27. The van der Waals surface area contributed by atoms with Crippen LogP contribution in [0.5, 0.6) is 0 Å². The summed E-state index contributed by atoms with van der Waals surface area (Å²) in [6, 6.07) is 2.04. The number of nitrogens with zero attached hydrogens (tertiary/aromatic N) is 1. The predicted molar refractivity (Wildman–Crippen MR) is 73.3 cm³/mol. The lowest BCUT2D eigenvalue weighted by Crippen LogP contribution is -2.39. The minimum absolute atomic E-state index is 0.314. The zero-order chi connectivity index (χ0) is 11.6. The standard InChI is InChI=1S/C12H16Br2N2/c1-12(4-2-3-5-12)16-8-11-10(14)6-9(13)7-15-11/h6-7,16H,2-5,8H2,1H3. The third-order valence-corrected chi connectivity index (χ3v) is 4.39. The number of hydrogen-bond acceptors (Lipinski definition) is 2. The molecule has 88 valence electrons. The first-order valence-electron chi connectivity index (χ1n) is 5.64. The highest BCUT2D eigenvalue weighted by Crippen LogP contribution is 2.29. The predicted octanol–water partition coefficient (Wildman–Crippen LogP) is 4.03. The minimum Gasteiger partial charge on any atom is -0.306 e. The molecule has 1 saturated carbocycles. The molecule has 16 heavy (non-hydrogen) atoms. The average molecular weight is 348 g/mol. The van der Waals surface area contributed by atoms with Gasteiger partial charge in [-0.25, -0.2) is 0 Å². The Hall–Kier alpha value is 0.0700. The van der Waals surface area contributed by atoms with Crippen molar-refractivity contribution in [2.45, 2.75) is 44.7 Å². The third kappa shape index (κ3) is 3.05. The summed E-state index contributed by atoms with van der Waals surface area (Å²) in [7, 11) is 0. The summed E-state index contributed by atoms with van der Waals surface area (Å²) < 4.78 is 2.08. The Morgan fingerprint density at radius 2 is 2.06 bits per heavy atom. The molecule has 2 rings (SSSR count). The second-order valence-corrected chi connectivity index (χ2v) is 6.47. The topological polar surface area (TPSA) is 24.9 Å². The number of rotatable bonds is 3. The van der Waals surface area contributed by atoms with Crippen LogP contribution >= 0.6 is 31.9 Å². The summed E-state index contributed by atoms with van der Waals surface area (Å²) >= 11 is 6.95. The van der Waals surface area contributed by atoms with Crippen molar-refractivity contribution in [2.75, 3.05) is 0 Å². The Balaban J connectivity index is 1.99. The zero-order valence-corrected chi connectivity index (χ0v) is 12.6. The van der Waals surface area contributed by atoms with Crippen molar-refractivity contribution in [3.8, 4) is 0 Å². The lowest BCUT2D eigenvalue weighted by Gasteiger charge is -2.25. The fourth-order valence-electron chi connectivity index (χ4n) is 2.20. The van der Waals surface area contributed by atoms with Crippen LogP contribution in [0.15, 0.2) is 21.2 Å². The van der Waals surface area contributed by atoms with Gasteiger partial charge in [0.05, 0.1) is 5.69 Å². The van der Waals surface area contributed by atoms with E-state index >= 15 is 0 Å². The summed E-state index contributed by atoms with van der Waals surface area (Å²) in [6.07, 6.45) is 7.10. The SMILES string of the molecule is CC1(NCc2ncc(Br)cc2Br)CCCC1. The van der Waals surface area contributed by atoms with Gasteiger partial charge in [-0.3, -0.25) is 4.98 Å².